The van der Waals surface area contributed by atoms with E-state index in [0.29, 0.717) is 6.04 Å². The van der Waals surface area contributed by atoms with Crippen molar-refractivity contribution in [3.8, 4) is 5.75 Å². The van der Waals surface area contributed by atoms with Crippen LogP contribution in [0.4, 0.5) is 0 Å². The van der Waals surface area contributed by atoms with Crippen LogP contribution in [0.15, 0.2) is 21.1 Å². The van der Waals surface area contributed by atoms with E-state index in [4.69, 9.17) is 4.74 Å². The van der Waals surface area contributed by atoms with Gasteiger partial charge in [0.15, 0.2) is 0 Å². The van der Waals surface area contributed by atoms with E-state index in [2.05, 4.69) is 56.2 Å². The van der Waals surface area contributed by atoms with Crippen LogP contribution in [0, 0.1) is 5.92 Å². The first-order valence-electron chi connectivity index (χ1n) is 7.91. The molecule has 0 heterocycles. The zero-order valence-corrected chi connectivity index (χ0v) is 16.1. The van der Waals surface area contributed by atoms with Crippen molar-refractivity contribution in [2.45, 2.75) is 58.0 Å². The van der Waals surface area contributed by atoms with Crippen molar-refractivity contribution in [1.29, 1.82) is 0 Å². The van der Waals surface area contributed by atoms with Crippen LogP contribution in [0.25, 0.3) is 0 Å². The number of ether oxygens (including phenoxy) is 1. The van der Waals surface area contributed by atoms with E-state index in [-0.39, 0.29) is 0 Å². The molecule has 2 nitrogen and oxygen atoms in total. The summed E-state index contributed by atoms with van der Waals surface area (Å²) >= 11 is 7.15. The maximum absolute atomic E-state index is 5.36. The average molecular weight is 419 g/mol. The lowest BCUT2D eigenvalue weighted by atomic mass is 9.83. The second kappa shape index (κ2) is 8.54. The fourth-order valence-corrected chi connectivity index (χ4v) is 4.94. The molecule has 1 aromatic rings. The van der Waals surface area contributed by atoms with E-state index in [1.165, 1.54) is 44.1 Å². The van der Waals surface area contributed by atoms with Gasteiger partial charge in [-0.3, -0.25) is 0 Å². The highest BCUT2D eigenvalue weighted by Gasteiger charge is 2.21. The normalized spacial score (nSPS) is 17.7. The average Bonchev–Trinajstić information content (AvgIpc) is 2.49. The predicted molar refractivity (Wildman–Crippen MR) is 95.9 cm³/mol. The SMILES string of the molecule is CCC(NCc1cc(Br)c(OC)c(Br)c1)C1CCCCC1. The summed E-state index contributed by atoms with van der Waals surface area (Å²) in [6, 6.07) is 4.93. The molecule has 1 N–H and O–H groups in total. The molecule has 0 saturated heterocycles. The van der Waals surface area contributed by atoms with Crippen molar-refractivity contribution in [2.75, 3.05) is 7.11 Å². The summed E-state index contributed by atoms with van der Waals surface area (Å²) in [7, 11) is 1.69. The topological polar surface area (TPSA) is 21.3 Å². The van der Waals surface area contributed by atoms with Crippen LogP contribution in [0.2, 0.25) is 0 Å². The predicted octanol–water partition coefficient (Wildman–Crippen LogP) is 5.67. The third-order valence-electron chi connectivity index (χ3n) is 4.49. The van der Waals surface area contributed by atoms with Gasteiger partial charge in [-0.25, -0.2) is 0 Å². The molecule has 1 aliphatic rings. The molecule has 4 heteroatoms. The van der Waals surface area contributed by atoms with E-state index >= 15 is 0 Å². The first-order chi connectivity index (χ1) is 10.2. The van der Waals surface area contributed by atoms with Crippen molar-refractivity contribution in [3.05, 3.63) is 26.6 Å². The van der Waals surface area contributed by atoms with Gasteiger partial charge in [0.2, 0.25) is 0 Å². The van der Waals surface area contributed by atoms with Crippen molar-refractivity contribution in [3.63, 3.8) is 0 Å². The van der Waals surface area contributed by atoms with Crippen molar-refractivity contribution >= 4 is 31.9 Å². The Morgan fingerprint density at radius 1 is 1.19 bits per heavy atom. The van der Waals surface area contributed by atoms with Crippen LogP contribution in [-0.4, -0.2) is 13.2 Å². The molecule has 118 valence electrons. The number of hydrogen-bond donors (Lipinski definition) is 1. The van der Waals surface area contributed by atoms with Crippen LogP contribution >= 0.6 is 31.9 Å². The molecule has 1 aromatic carbocycles. The number of nitrogens with one attached hydrogen (secondary N) is 1. The van der Waals surface area contributed by atoms with Crippen molar-refractivity contribution in [1.82, 2.24) is 5.32 Å². The summed E-state index contributed by atoms with van der Waals surface area (Å²) in [5, 5.41) is 3.76. The first kappa shape index (κ1) is 17.3. The Balaban J connectivity index is 1.97. The summed E-state index contributed by atoms with van der Waals surface area (Å²) in [5.74, 6) is 1.71. The van der Waals surface area contributed by atoms with E-state index < -0.39 is 0 Å². The summed E-state index contributed by atoms with van der Waals surface area (Å²) < 4.78 is 7.36. The molecule has 1 saturated carbocycles. The lowest BCUT2D eigenvalue weighted by Gasteiger charge is -2.30. The van der Waals surface area contributed by atoms with Crippen LogP contribution in [0.3, 0.4) is 0 Å². The number of hydrogen-bond acceptors (Lipinski definition) is 2. The van der Waals surface area contributed by atoms with Gasteiger partial charge in [0.1, 0.15) is 5.75 Å². The number of halogens is 2. The lowest BCUT2D eigenvalue weighted by molar-refractivity contribution is 0.261. The van der Waals surface area contributed by atoms with E-state index in [1.54, 1.807) is 7.11 Å². The Morgan fingerprint density at radius 3 is 2.33 bits per heavy atom. The summed E-state index contributed by atoms with van der Waals surface area (Å²) in [6.45, 7) is 3.21. The highest BCUT2D eigenvalue weighted by atomic mass is 79.9. The smallest absolute Gasteiger partial charge is 0.147 e. The molecule has 0 amide bonds. The molecule has 0 bridgehead atoms. The highest BCUT2D eigenvalue weighted by molar-refractivity contribution is 9.11. The Labute approximate surface area is 145 Å². The van der Waals surface area contributed by atoms with Gasteiger partial charge in [0.05, 0.1) is 16.1 Å². The van der Waals surface area contributed by atoms with Gasteiger partial charge in [-0.15, -0.1) is 0 Å². The van der Waals surface area contributed by atoms with Gasteiger partial charge < -0.3 is 10.1 Å². The molecule has 1 atom stereocenters. The molecule has 0 aromatic heterocycles. The Kier molecular flexibility index (Phi) is 7.03. The molecule has 1 fully saturated rings. The zero-order valence-electron chi connectivity index (χ0n) is 12.9. The molecule has 2 rings (SSSR count). The third kappa shape index (κ3) is 4.70. The van der Waals surface area contributed by atoms with Gasteiger partial charge in [0.25, 0.3) is 0 Å². The van der Waals surface area contributed by atoms with Crippen LogP contribution in [-0.2, 0) is 6.54 Å². The molecule has 0 spiro atoms. The van der Waals surface area contributed by atoms with Gasteiger partial charge in [-0.1, -0.05) is 26.2 Å². The standard InChI is InChI=1S/C17H25Br2NO/c1-3-16(13-7-5-4-6-8-13)20-11-12-9-14(18)17(21-2)15(19)10-12/h9-10,13,16,20H,3-8,11H2,1-2H3. The van der Waals surface area contributed by atoms with Crippen LogP contribution in [0.5, 0.6) is 5.75 Å². The second-order valence-electron chi connectivity index (χ2n) is 5.89. The third-order valence-corrected chi connectivity index (χ3v) is 5.67. The van der Waals surface area contributed by atoms with E-state index in [0.717, 1.165) is 27.2 Å². The van der Waals surface area contributed by atoms with Crippen molar-refractivity contribution < 1.29 is 4.74 Å². The minimum absolute atomic E-state index is 0.643. The number of rotatable bonds is 6. The molecular formula is C17H25Br2NO. The van der Waals surface area contributed by atoms with Crippen LogP contribution < -0.4 is 10.1 Å². The van der Waals surface area contributed by atoms with Gasteiger partial charge in [-0.05, 0) is 74.7 Å². The maximum atomic E-state index is 5.36. The number of benzene rings is 1. The largest absolute Gasteiger partial charge is 0.494 e. The summed E-state index contributed by atoms with van der Waals surface area (Å²) in [5.41, 5.74) is 1.28. The summed E-state index contributed by atoms with van der Waals surface area (Å²) in [6.07, 6.45) is 8.22. The molecule has 0 aliphatic heterocycles. The number of methoxy groups -OCH3 is 1. The van der Waals surface area contributed by atoms with Gasteiger partial charge >= 0.3 is 0 Å². The van der Waals surface area contributed by atoms with Crippen molar-refractivity contribution in [2.24, 2.45) is 5.92 Å². The maximum Gasteiger partial charge on any atom is 0.147 e. The minimum Gasteiger partial charge on any atom is -0.494 e. The second-order valence-corrected chi connectivity index (χ2v) is 7.60. The molecule has 21 heavy (non-hydrogen) atoms. The quantitative estimate of drug-likeness (QED) is 0.642. The molecule has 1 aliphatic carbocycles. The summed E-state index contributed by atoms with van der Waals surface area (Å²) in [4.78, 5) is 0. The Hall–Kier alpha value is -0.0600. The lowest BCUT2D eigenvalue weighted by Crippen LogP contribution is -2.36. The highest BCUT2D eigenvalue weighted by Crippen LogP contribution is 2.34. The molecule has 1 unspecified atom stereocenters. The van der Waals surface area contributed by atoms with E-state index in [9.17, 15) is 0 Å². The monoisotopic (exact) mass is 417 g/mol. The molecule has 0 radical (unpaired) electrons. The van der Waals surface area contributed by atoms with Gasteiger partial charge in [0, 0.05) is 12.6 Å². The zero-order chi connectivity index (χ0) is 15.2. The van der Waals surface area contributed by atoms with Crippen LogP contribution in [0.1, 0.15) is 51.0 Å². The fourth-order valence-electron chi connectivity index (χ4n) is 3.34. The Bertz CT molecular complexity index is 435. The fraction of sp³-hybridized carbons (Fsp3) is 0.647. The van der Waals surface area contributed by atoms with Gasteiger partial charge in [-0.2, -0.15) is 0 Å². The minimum atomic E-state index is 0.643. The Morgan fingerprint density at radius 2 is 1.81 bits per heavy atom. The van der Waals surface area contributed by atoms with E-state index in [1.807, 2.05) is 0 Å². The first-order valence-corrected chi connectivity index (χ1v) is 9.49. The molecular weight excluding hydrogens is 394 g/mol.